The van der Waals surface area contributed by atoms with Crippen molar-refractivity contribution in [3.05, 3.63) is 11.1 Å². The second-order valence-corrected chi connectivity index (χ2v) is 6.19. The summed E-state index contributed by atoms with van der Waals surface area (Å²) >= 11 is 1.64. The van der Waals surface area contributed by atoms with Crippen molar-refractivity contribution in [2.75, 3.05) is 38.1 Å². The highest BCUT2D eigenvalue weighted by molar-refractivity contribution is 7.13. The summed E-state index contributed by atoms with van der Waals surface area (Å²) in [5.74, 6) is 0.379. The standard InChI is InChI=1S/C14H22F3N5S/c1-18-12(20-7-5-14(15,16)17)19-6-4-11-10-23-13(21-11)22-8-2-3-9-22/h10H,2-9H2,1H3,(H2,18,19,20). The third-order valence-corrected chi connectivity index (χ3v) is 4.46. The Labute approximate surface area is 138 Å². The van der Waals surface area contributed by atoms with E-state index < -0.39 is 12.6 Å². The number of halogens is 3. The van der Waals surface area contributed by atoms with Gasteiger partial charge in [0.05, 0.1) is 12.1 Å². The lowest BCUT2D eigenvalue weighted by molar-refractivity contribution is -0.132. The number of thiazole rings is 1. The molecule has 5 nitrogen and oxygen atoms in total. The van der Waals surface area contributed by atoms with Crippen LogP contribution in [0.2, 0.25) is 0 Å². The van der Waals surface area contributed by atoms with Gasteiger partial charge in [0.1, 0.15) is 0 Å². The lowest BCUT2D eigenvalue weighted by atomic mass is 10.3. The van der Waals surface area contributed by atoms with Crippen LogP contribution in [0.4, 0.5) is 18.3 Å². The van der Waals surface area contributed by atoms with E-state index in [0.717, 1.165) is 23.9 Å². The predicted molar refractivity (Wildman–Crippen MR) is 87.3 cm³/mol. The third-order valence-electron chi connectivity index (χ3n) is 3.51. The van der Waals surface area contributed by atoms with Gasteiger partial charge in [0.2, 0.25) is 0 Å². The number of hydrogen-bond acceptors (Lipinski definition) is 4. The summed E-state index contributed by atoms with van der Waals surface area (Å²) in [6, 6.07) is 0. The number of aromatic nitrogens is 1. The Bertz CT molecular complexity index is 509. The normalized spacial score (nSPS) is 16.0. The molecule has 0 spiro atoms. The fourth-order valence-electron chi connectivity index (χ4n) is 2.32. The Morgan fingerprint density at radius 1 is 1.30 bits per heavy atom. The third kappa shape index (κ3) is 6.25. The summed E-state index contributed by atoms with van der Waals surface area (Å²) in [6.07, 6.45) is -1.88. The second kappa shape index (κ2) is 8.37. The minimum atomic E-state index is -4.15. The molecule has 0 saturated carbocycles. The molecule has 1 aromatic rings. The van der Waals surface area contributed by atoms with Crippen molar-refractivity contribution in [2.24, 2.45) is 4.99 Å². The average Bonchev–Trinajstić information content (AvgIpc) is 3.15. The van der Waals surface area contributed by atoms with Crippen molar-refractivity contribution < 1.29 is 13.2 Å². The molecule has 0 aromatic carbocycles. The summed E-state index contributed by atoms with van der Waals surface area (Å²) in [4.78, 5) is 10.8. The lowest BCUT2D eigenvalue weighted by Crippen LogP contribution is -2.39. The zero-order chi connectivity index (χ0) is 16.7. The first kappa shape index (κ1) is 17.8. The minimum Gasteiger partial charge on any atom is -0.356 e. The molecule has 0 atom stereocenters. The molecule has 1 fully saturated rings. The summed E-state index contributed by atoms with van der Waals surface area (Å²) < 4.78 is 36.3. The van der Waals surface area contributed by atoms with Crippen LogP contribution in [0.15, 0.2) is 10.4 Å². The second-order valence-electron chi connectivity index (χ2n) is 5.36. The Hall–Kier alpha value is -1.51. The van der Waals surface area contributed by atoms with Crippen LogP contribution < -0.4 is 15.5 Å². The summed E-state index contributed by atoms with van der Waals surface area (Å²) in [5.41, 5.74) is 0.996. The number of guanidine groups is 1. The number of rotatable bonds is 6. The topological polar surface area (TPSA) is 52.6 Å². The Balaban J connectivity index is 1.69. The highest BCUT2D eigenvalue weighted by Crippen LogP contribution is 2.24. The van der Waals surface area contributed by atoms with E-state index >= 15 is 0 Å². The average molecular weight is 349 g/mol. The molecular weight excluding hydrogens is 327 g/mol. The maximum absolute atomic E-state index is 12.1. The molecule has 1 aliphatic rings. The van der Waals surface area contributed by atoms with Crippen LogP contribution in [0.5, 0.6) is 0 Å². The van der Waals surface area contributed by atoms with Gasteiger partial charge in [-0.1, -0.05) is 0 Å². The molecule has 1 aromatic heterocycles. The zero-order valence-electron chi connectivity index (χ0n) is 13.1. The van der Waals surface area contributed by atoms with Gasteiger partial charge in [0.15, 0.2) is 11.1 Å². The molecule has 1 saturated heterocycles. The smallest absolute Gasteiger partial charge is 0.356 e. The number of nitrogens with zero attached hydrogens (tertiary/aromatic N) is 3. The lowest BCUT2D eigenvalue weighted by Gasteiger charge is -2.13. The van der Waals surface area contributed by atoms with Gasteiger partial charge < -0.3 is 15.5 Å². The van der Waals surface area contributed by atoms with Gasteiger partial charge in [0, 0.05) is 45.0 Å². The molecule has 0 aliphatic carbocycles. The Morgan fingerprint density at radius 3 is 2.65 bits per heavy atom. The highest BCUT2D eigenvalue weighted by atomic mass is 32.1. The van der Waals surface area contributed by atoms with Crippen LogP contribution in [-0.4, -0.2) is 50.3 Å². The fourth-order valence-corrected chi connectivity index (χ4v) is 3.23. The number of hydrogen-bond donors (Lipinski definition) is 2. The van der Waals surface area contributed by atoms with Gasteiger partial charge in [-0.3, -0.25) is 4.99 Å². The molecule has 9 heteroatoms. The summed E-state index contributed by atoms with van der Waals surface area (Å²) in [6.45, 7) is 2.54. The van der Waals surface area contributed by atoms with E-state index in [1.165, 1.54) is 19.9 Å². The fraction of sp³-hybridized carbons (Fsp3) is 0.714. The Morgan fingerprint density at radius 2 is 2.00 bits per heavy atom. The van der Waals surface area contributed by atoms with Gasteiger partial charge in [-0.2, -0.15) is 13.2 Å². The van der Waals surface area contributed by atoms with Crippen molar-refractivity contribution in [1.29, 1.82) is 0 Å². The van der Waals surface area contributed by atoms with Gasteiger partial charge in [0.25, 0.3) is 0 Å². The van der Waals surface area contributed by atoms with Crippen LogP contribution in [-0.2, 0) is 6.42 Å². The van der Waals surface area contributed by atoms with E-state index in [2.05, 4.69) is 25.5 Å². The van der Waals surface area contributed by atoms with Crippen LogP contribution >= 0.6 is 11.3 Å². The minimum absolute atomic E-state index is 0.182. The SMILES string of the molecule is CN=C(NCCc1csc(N2CCCC2)n1)NCCC(F)(F)F. The molecule has 130 valence electrons. The van der Waals surface area contributed by atoms with Crippen molar-refractivity contribution in [2.45, 2.75) is 31.9 Å². The first-order valence-corrected chi connectivity index (χ1v) is 8.56. The van der Waals surface area contributed by atoms with Gasteiger partial charge in [-0.05, 0) is 12.8 Å². The molecule has 0 amide bonds. The number of anilines is 1. The molecule has 23 heavy (non-hydrogen) atoms. The van der Waals surface area contributed by atoms with Crippen molar-refractivity contribution >= 4 is 22.4 Å². The largest absolute Gasteiger partial charge is 0.390 e. The van der Waals surface area contributed by atoms with Gasteiger partial charge in [-0.15, -0.1) is 11.3 Å². The van der Waals surface area contributed by atoms with Gasteiger partial charge in [-0.25, -0.2) is 4.98 Å². The molecule has 2 heterocycles. The maximum atomic E-state index is 12.1. The monoisotopic (exact) mass is 349 g/mol. The van der Waals surface area contributed by atoms with Crippen LogP contribution in [0.3, 0.4) is 0 Å². The number of nitrogens with one attached hydrogen (secondary N) is 2. The first-order valence-electron chi connectivity index (χ1n) is 7.68. The van der Waals surface area contributed by atoms with E-state index in [0.29, 0.717) is 18.9 Å². The van der Waals surface area contributed by atoms with Crippen molar-refractivity contribution in [1.82, 2.24) is 15.6 Å². The van der Waals surface area contributed by atoms with Crippen LogP contribution in [0.1, 0.15) is 25.0 Å². The molecule has 0 unspecified atom stereocenters. The predicted octanol–water partition coefficient (Wildman–Crippen LogP) is 2.40. The van der Waals surface area contributed by atoms with Crippen molar-refractivity contribution in [3.63, 3.8) is 0 Å². The van der Waals surface area contributed by atoms with Crippen LogP contribution in [0, 0.1) is 0 Å². The van der Waals surface area contributed by atoms with Gasteiger partial charge >= 0.3 is 6.18 Å². The van der Waals surface area contributed by atoms with E-state index in [4.69, 9.17) is 0 Å². The van der Waals surface area contributed by atoms with Crippen LogP contribution in [0.25, 0.3) is 0 Å². The molecule has 0 radical (unpaired) electrons. The first-order chi connectivity index (χ1) is 11.0. The summed E-state index contributed by atoms with van der Waals surface area (Å²) in [7, 11) is 1.54. The van der Waals surface area contributed by atoms with E-state index in [9.17, 15) is 13.2 Å². The van der Waals surface area contributed by atoms with E-state index in [1.54, 1.807) is 11.3 Å². The summed E-state index contributed by atoms with van der Waals surface area (Å²) in [5, 5.41) is 8.76. The maximum Gasteiger partial charge on any atom is 0.390 e. The Kier molecular flexibility index (Phi) is 6.49. The molecular formula is C14H22F3N5S. The molecule has 0 bridgehead atoms. The molecule has 2 rings (SSSR count). The highest BCUT2D eigenvalue weighted by Gasteiger charge is 2.26. The molecule has 1 aliphatic heterocycles. The van der Waals surface area contributed by atoms with E-state index in [-0.39, 0.29) is 6.54 Å². The van der Waals surface area contributed by atoms with E-state index in [1.807, 2.05) is 5.38 Å². The number of aliphatic imine (C=N–C) groups is 1. The zero-order valence-corrected chi connectivity index (χ0v) is 13.9. The quantitative estimate of drug-likeness (QED) is 0.612. The van der Waals surface area contributed by atoms with Crippen molar-refractivity contribution in [3.8, 4) is 0 Å². The number of alkyl halides is 3. The molecule has 2 N–H and O–H groups in total.